The number of nitrogens with zero attached hydrogens (tertiary/aromatic N) is 3. The lowest BCUT2D eigenvalue weighted by atomic mass is 9.84. The molecule has 1 fully saturated rings. The first-order valence-electron chi connectivity index (χ1n) is 7.97. The molecule has 8 nitrogen and oxygen atoms in total. The van der Waals surface area contributed by atoms with Gasteiger partial charge in [0.2, 0.25) is 5.91 Å². The van der Waals surface area contributed by atoms with Gasteiger partial charge in [-0.3, -0.25) is 4.79 Å². The highest BCUT2D eigenvalue weighted by Gasteiger charge is 2.47. The van der Waals surface area contributed by atoms with Gasteiger partial charge in [-0.2, -0.15) is 0 Å². The minimum atomic E-state index is -0.915. The summed E-state index contributed by atoms with van der Waals surface area (Å²) in [6, 6.07) is 2.89. The van der Waals surface area contributed by atoms with Crippen LogP contribution in [0.2, 0.25) is 0 Å². The number of aliphatic hydroxyl groups is 2. The van der Waals surface area contributed by atoms with Gasteiger partial charge in [-0.1, -0.05) is 0 Å². The predicted octanol–water partition coefficient (Wildman–Crippen LogP) is 0.779. The van der Waals surface area contributed by atoms with Crippen LogP contribution in [0.3, 0.4) is 0 Å². The Hall–Kier alpha value is -2.19. The van der Waals surface area contributed by atoms with E-state index in [1.54, 1.807) is 30.9 Å². The highest BCUT2D eigenvalue weighted by Crippen LogP contribution is 2.45. The molecular formula is C16H19N3O5. The molecule has 128 valence electrons. The van der Waals surface area contributed by atoms with Gasteiger partial charge in [-0.25, -0.2) is 4.63 Å². The summed E-state index contributed by atoms with van der Waals surface area (Å²) in [6.45, 7) is 3.94. The van der Waals surface area contributed by atoms with Crippen molar-refractivity contribution < 1.29 is 24.4 Å². The van der Waals surface area contributed by atoms with Crippen molar-refractivity contribution in [1.82, 2.24) is 15.2 Å². The smallest absolute Gasteiger partial charge is 0.225 e. The van der Waals surface area contributed by atoms with Crippen LogP contribution >= 0.6 is 0 Å². The Bertz CT molecular complexity index is 802. The molecule has 1 aromatic carbocycles. The molecule has 3 heterocycles. The van der Waals surface area contributed by atoms with Crippen molar-refractivity contribution in [2.24, 2.45) is 0 Å². The molecule has 0 aliphatic carbocycles. The largest absolute Gasteiger partial charge is 0.485 e. The molecule has 8 heteroatoms. The van der Waals surface area contributed by atoms with Crippen molar-refractivity contribution in [2.75, 3.05) is 6.54 Å². The third kappa shape index (κ3) is 2.25. The van der Waals surface area contributed by atoms with Gasteiger partial charge in [0.05, 0.1) is 18.6 Å². The quantitative estimate of drug-likeness (QED) is 0.793. The number of hydrogen-bond donors (Lipinski definition) is 2. The Balaban J connectivity index is 1.84. The number of likely N-dealkylation sites (tertiary alicyclic amines) is 1. The summed E-state index contributed by atoms with van der Waals surface area (Å²) < 4.78 is 10.7. The first kappa shape index (κ1) is 15.3. The maximum Gasteiger partial charge on any atom is 0.225 e. The molecule has 0 spiro atoms. The van der Waals surface area contributed by atoms with Crippen LogP contribution in [0.4, 0.5) is 0 Å². The van der Waals surface area contributed by atoms with Crippen LogP contribution in [0.5, 0.6) is 5.75 Å². The molecule has 24 heavy (non-hydrogen) atoms. The third-order valence-corrected chi connectivity index (χ3v) is 4.86. The zero-order valence-corrected chi connectivity index (χ0v) is 13.5. The second-order valence-electron chi connectivity index (χ2n) is 6.97. The fourth-order valence-corrected chi connectivity index (χ4v) is 3.51. The molecule has 0 radical (unpaired) electrons. The van der Waals surface area contributed by atoms with E-state index in [0.29, 0.717) is 35.3 Å². The molecule has 2 aliphatic heterocycles. The maximum atomic E-state index is 12.5. The monoisotopic (exact) mass is 333 g/mol. The summed E-state index contributed by atoms with van der Waals surface area (Å²) in [5.41, 5.74) is 0.896. The predicted molar refractivity (Wildman–Crippen MR) is 82.2 cm³/mol. The first-order valence-corrected chi connectivity index (χ1v) is 7.97. The molecule has 1 saturated heterocycles. The summed E-state index contributed by atoms with van der Waals surface area (Å²) in [5, 5.41) is 28.2. The van der Waals surface area contributed by atoms with E-state index in [1.807, 2.05) is 0 Å². The Labute approximate surface area is 138 Å². The summed E-state index contributed by atoms with van der Waals surface area (Å²) >= 11 is 0. The fourth-order valence-electron chi connectivity index (χ4n) is 3.51. The van der Waals surface area contributed by atoms with E-state index in [2.05, 4.69) is 10.3 Å². The first-order chi connectivity index (χ1) is 11.4. The zero-order valence-electron chi connectivity index (χ0n) is 13.5. The van der Waals surface area contributed by atoms with E-state index < -0.39 is 23.9 Å². The molecule has 2 aliphatic rings. The van der Waals surface area contributed by atoms with Crippen LogP contribution < -0.4 is 4.74 Å². The summed E-state index contributed by atoms with van der Waals surface area (Å²) in [7, 11) is 0. The number of aliphatic hydroxyl groups excluding tert-OH is 2. The van der Waals surface area contributed by atoms with E-state index >= 15 is 0 Å². The lowest BCUT2D eigenvalue weighted by Gasteiger charge is -2.47. The van der Waals surface area contributed by atoms with Gasteiger partial charge in [-0.05, 0) is 36.6 Å². The third-order valence-electron chi connectivity index (χ3n) is 4.86. The molecule has 2 aromatic rings. The topological polar surface area (TPSA) is 109 Å². The van der Waals surface area contributed by atoms with E-state index in [1.165, 1.54) is 0 Å². The van der Waals surface area contributed by atoms with Crippen LogP contribution in [0.1, 0.15) is 38.3 Å². The van der Waals surface area contributed by atoms with Crippen LogP contribution in [-0.4, -0.2) is 55.7 Å². The number of piperidine rings is 1. The molecule has 0 saturated carbocycles. The summed E-state index contributed by atoms with van der Waals surface area (Å²) in [6.07, 6.45) is -0.991. The van der Waals surface area contributed by atoms with Crippen LogP contribution in [0.25, 0.3) is 11.0 Å². The van der Waals surface area contributed by atoms with Crippen molar-refractivity contribution in [1.29, 1.82) is 0 Å². The van der Waals surface area contributed by atoms with Gasteiger partial charge in [0.1, 0.15) is 28.5 Å². The highest BCUT2D eigenvalue weighted by atomic mass is 16.6. The van der Waals surface area contributed by atoms with Gasteiger partial charge in [0, 0.05) is 18.2 Å². The van der Waals surface area contributed by atoms with Gasteiger partial charge >= 0.3 is 0 Å². The van der Waals surface area contributed by atoms with E-state index in [0.717, 1.165) is 0 Å². The molecule has 3 atom stereocenters. The Morgan fingerprint density at radius 3 is 2.67 bits per heavy atom. The number of amides is 1. The van der Waals surface area contributed by atoms with Crippen molar-refractivity contribution in [3.8, 4) is 5.75 Å². The number of rotatable bonds is 1. The summed E-state index contributed by atoms with van der Waals surface area (Å²) in [4.78, 5) is 14.1. The SMILES string of the molecule is CC1(C)Oc2cc3nonc3cc2C(N2CCC(O)CC2=O)C1O. The minimum absolute atomic E-state index is 0.0631. The lowest BCUT2D eigenvalue weighted by Crippen LogP contribution is -2.56. The van der Waals surface area contributed by atoms with Gasteiger partial charge in [0.15, 0.2) is 0 Å². The Morgan fingerprint density at radius 1 is 1.25 bits per heavy atom. The number of ether oxygens (including phenoxy) is 1. The molecular weight excluding hydrogens is 314 g/mol. The normalized spacial score (nSPS) is 29.4. The van der Waals surface area contributed by atoms with Gasteiger partial charge < -0.3 is 19.8 Å². The van der Waals surface area contributed by atoms with Gasteiger partial charge in [0.25, 0.3) is 0 Å². The zero-order chi connectivity index (χ0) is 17.1. The van der Waals surface area contributed by atoms with Crippen molar-refractivity contribution in [3.63, 3.8) is 0 Å². The molecule has 1 aromatic heterocycles. The molecule has 2 N–H and O–H groups in total. The molecule has 3 unspecified atom stereocenters. The minimum Gasteiger partial charge on any atom is -0.485 e. The second kappa shape index (κ2) is 5.15. The van der Waals surface area contributed by atoms with Crippen molar-refractivity contribution >= 4 is 16.9 Å². The molecule has 1 amide bonds. The number of hydrogen-bond acceptors (Lipinski definition) is 7. The Kier molecular flexibility index (Phi) is 3.29. The number of carbonyl (C=O) groups is 1. The number of carbonyl (C=O) groups excluding carboxylic acids is 1. The average molecular weight is 333 g/mol. The molecule has 4 rings (SSSR count). The average Bonchev–Trinajstić information content (AvgIpc) is 2.95. The Morgan fingerprint density at radius 2 is 1.96 bits per heavy atom. The standard InChI is InChI=1S/C16H19N3O5/c1-16(2)15(22)14(19-4-3-8(20)5-13(19)21)9-6-10-11(18-24-17-10)7-12(9)23-16/h6-8,14-15,20,22H,3-5H2,1-2H3. The van der Waals surface area contributed by atoms with E-state index in [9.17, 15) is 15.0 Å². The van der Waals surface area contributed by atoms with Crippen molar-refractivity contribution in [3.05, 3.63) is 17.7 Å². The van der Waals surface area contributed by atoms with Crippen LogP contribution in [-0.2, 0) is 4.79 Å². The van der Waals surface area contributed by atoms with Crippen LogP contribution in [0.15, 0.2) is 16.8 Å². The number of aromatic nitrogens is 2. The molecule has 0 bridgehead atoms. The van der Waals surface area contributed by atoms with E-state index in [-0.39, 0.29) is 12.3 Å². The summed E-state index contributed by atoms with van der Waals surface area (Å²) in [5.74, 6) is 0.372. The lowest BCUT2D eigenvalue weighted by molar-refractivity contribution is -0.151. The van der Waals surface area contributed by atoms with Crippen LogP contribution in [0, 0.1) is 0 Å². The fraction of sp³-hybridized carbons (Fsp3) is 0.562. The van der Waals surface area contributed by atoms with Gasteiger partial charge in [-0.15, -0.1) is 0 Å². The number of benzene rings is 1. The number of fused-ring (bicyclic) bond motifs is 2. The van der Waals surface area contributed by atoms with Crippen molar-refractivity contribution in [2.45, 2.75) is 50.5 Å². The highest BCUT2D eigenvalue weighted by molar-refractivity contribution is 5.80. The second-order valence-corrected chi connectivity index (χ2v) is 6.97. The maximum absolute atomic E-state index is 12.5. The van der Waals surface area contributed by atoms with E-state index in [4.69, 9.17) is 9.37 Å².